The highest BCUT2D eigenvalue weighted by molar-refractivity contribution is 6.60. The zero-order valence-corrected chi connectivity index (χ0v) is 14.1. The molecule has 0 fully saturated rings. The van der Waals surface area contributed by atoms with E-state index in [2.05, 4.69) is 0 Å². The second-order valence-electron chi connectivity index (χ2n) is 4.40. The highest BCUT2D eigenvalue weighted by Crippen LogP contribution is 2.35. The molecule has 0 aliphatic carbocycles. The summed E-state index contributed by atoms with van der Waals surface area (Å²) < 4.78 is 27.2. The van der Waals surface area contributed by atoms with E-state index in [1.807, 2.05) is 19.1 Å². The van der Waals surface area contributed by atoms with Crippen LogP contribution in [0.4, 0.5) is 0 Å². The first kappa shape index (κ1) is 17.0. The Labute approximate surface area is 122 Å². The van der Waals surface area contributed by atoms with Crippen LogP contribution < -0.4 is 9.47 Å². The van der Waals surface area contributed by atoms with E-state index in [-0.39, 0.29) is 0 Å². The van der Waals surface area contributed by atoms with Crippen LogP contribution >= 0.6 is 0 Å². The molecule has 0 saturated heterocycles. The quantitative estimate of drug-likeness (QED) is 0.690. The van der Waals surface area contributed by atoms with Crippen LogP contribution in [0.3, 0.4) is 0 Å². The van der Waals surface area contributed by atoms with Gasteiger partial charge in [0.2, 0.25) is 0 Å². The molecule has 0 aliphatic heterocycles. The van der Waals surface area contributed by atoms with Gasteiger partial charge in [0, 0.05) is 27.4 Å². The lowest BCUT2D eigenvalue weighted by atomic mass is 10.1. The summed E-state index contributed by atoms with van der Waals surface area (Å²) in [5.41, 5.74) is 2.10. The van der Waals surface area contributed by atoms with Crippen LogP contribution in [0.5, 0.6) is 11.5 Å². The van der Waals surface area contributed by atoms with Gasteiger partial charge in [0.15, 0.2) is 11.5 Å². The minimum absolute atomic E-state index is 0.680. The lowest BCUT2D eigenvalue weighted by Crippen LogP contribution is -2.43. The van der Waals surface area contributed by atoms with Crippen molar-refractivity contribution >= 4 is 8.80 Å². The van der Waals surface area contributed by atoms with Crippen molar-refractivity contribution in [2.24, 2.45) is 0 Å². The third kappa shape index (κ3) is 3.52. The summed E-state index contributed by atoms with van der Waals surface area (Å²) in [6.07, 6.45) is 0.738. The highest BCUT2D eigenvalue weighted by Gasteiger charge is 2.37. The van der Waals surface area contributed by atoms with Crippen molar-refractivity contribution < 1.29 is 22.8 Å². The summed E-state index contributed by atoms with van der Waals surface area (Å²) in [6, 6.07) is 4.74. The third-order valence-corrected chi connectivity index (χ3v) is 6.16. The first-order valence-corrected chi connectivity index (χ1v) is 8.36. The molecule has 0 atom stereocenters. The van der Waals surface area contributed by atoms with E-state index >= 15 is 0 Å². The first-order valence-electron chi connectivity index (χ1n) is 6.43. The van der Waals surface area contributed by atoms with Crippen LogP contribution in [0.2, 0.25) is 6.04 Å². The normalized spacial score (nSPS) is 11.5. The van der Waals surface area contributed by atoms with Gasteiger partial charge in [0.05, 0.1) is 14.2 Å². The molecule has 1 aromatic rings. The summed E-state index contributed by atoms with van der Waals surface area (Å²) in [5, 5.41) is 0. The zero-order valence-electron chi connectivity index (χ0n) is 13.1. The van der Waals surface area contributed by atoms with Gasteiger partial charge >= 0.3 is 8.80 Å². The van der Waals surface area contributed by atoms with E-state index in [0.29, 0.717) is 6.04 Å². The fourth-order valence-corrected chi connectivity index (χ4v) is 3.91. The van der Waals surface area contributed by atoms with Gasteiger partial charge in [-0.25, -0.2) is 0 Å². The molecule has 5 nitrogen and oxygen atoms in total. The number of methoxy groups -OCH3 is 2. The number of benzene rings is 1. The number of hydrogen-bond acceptors (Lipinski definition) is 5. The number of ether oxygens (including phenoxy) is 2. The van der Waals surface area contributed by atoms with Gasteiger partial charge in [0.25, 0.3) is 0 Å². The largest absolute Gasteiger partial charge is 0.500 e. The van der Waals surface area contributed by atoms with Crippen LogP contribution in [0, 0.1) is 6.92 Å². The highest BCUT2D eigenvalue weighted by atomic mass is 28.4. The topological polar surface area (TPSA) is 46.2 Å². The summed E-state index contributed by atoms with van der Waals surface area (Å²) in [4.78, 5) is 0. The number of hydrogen-bond donors (Lipinski definition) is 0. The van der Waals surface area contributed by atoms with Crippen LogP contribution in [0.1, 0.15) is 11.1 Å². The van der Waals surface area contributed by atoms with Crippen molar-refractivity contribution in [1.82, 2.24) is 0 Å². The molecule has 6 heteroatoms. The molecule has 0 unspecified atom stereocenters. The molecule has 0 N–H and O–H groups in total. The maximum Gasteiger partial charge on any atom is 0.500 e. The Morgan fingerprint density at radius 1 is 0.850 bits per heavy atom. The molecule has 114 valence electrons. The molecule has 0 spiro atoms. The monoisotopic (exact) mass is 300 g/mol. The fourth-order valence-electron chi connectivity index (χ4n) is 2.22. The second kappa shape index (κ2) is 7.63. The van der Waals surface area contributed by atoms with Gasteiger partial charge in [-0.2, -0.15) is 0 Å². The second-order valence-corrected chi connectivity index (χ2v) is 7.49. The van der Waals surface area contributed by atoms with Crippen molar-refractivity contribution in [3.05, 3.63) is 23.3 Å². The fraction of sp³-hybridized carbons (Fsp3) is 0.571. The first-order chi connectivity index (χ1) is 9.57. The van der Waals surface area contributed by atoms with Gasteiger partial charge in [0.1, 0.15) is 0 Å². The lowest BCUT2D eigenvalue weighted by molar-refractivity contribution is 0.123. The minimum Gasteiger partial charge on any atom is -0.493 e. The molecule has 0 heterocycles. The molecule has 0 amide bonds. The van der Waals surface area contributed by atoms with Crippen molar-refractivity contribution in [2.75, 3.05) is 35.5 Å². The molecular weight excluding hydrogens is 276 g/mol. The smallest absolute Gasteiger partial charge is 0.493 e. The van der Waals surface area contributed by atoms with E-state index in [1.54, 1.807) is 35.5 Å². The Morgan fingerprint density at radius 3 is 1.85 bits per heavy atom. The van der Waals surface area contributed by atoms with Crippen LogP contribution in [-0.4, -0.2) is 44.4 Å². The van der Waals surface area contributed by atoms with Crippen LogP contribution in [0.25, 0.3) is 0 Å². The molecule has 20 heavy (non-hydrogen) atoms. The Morgan fingerprint density at radius 2 is 1.40 bits per heavy atom. The van der Waals surface area contributed by atoms with E-state index in [1.165, 1.54) is 0 Å². The maximum absolute atomic E-state index is 5.48. The van der Waals surface area contributed by atoms with Gasteiger partial charge in [-0.1, -0.05) is 12.1 Å². The lowest BCUT2D eigenvalue weighted by Gasteiger charge is -2.24. The molecule has 0 bridgehead atoms. The SMILES string of the molecule is COc1c(C)ccc(CC[Si](OC)(OC)OC)c1OC. The van der Waals surface area contributed by atoms with E-state index in [0.717, 1.165) is 29.0 Å². The van der Waals surface area contributed by atoms with Crippen molar-refractivity contribution in [3.63, 3.8) is 0 Å². The van der Waals surface area contributed by atoms with Gasteiger partial charge in [-0.3, -0.25) is 0 Å². The van der Waals surface area contributed by atoms with Crippen LogP contribution in [-0.2, 0) is 19.7 Å². The van der Waals surface area contributed by atoms with Crippen molar-refractivity contribution in [1.29, 1.82) is 0 Å². The van der Waals surface area contributed by atoms with Crippen molar-refractivity contribution in [2.45, 2.75) is 19.4 Å². The molecule has 1 rings (SSSR count). The van der Waals surface area contributed by atoms with Crippen LogP contribution in [0.15, 0.2) is 12.1 Å². The predicted molar refractivity (Wildman–Crippen MR) is 79.6 cm³/mol. The van der Waals surface area contributed by atoms with Gasteiger partial charge in [-0.05, 0) is 24.5 Å². The van der Waals surface area contributed by atoms with Crippen molar-refractivity contribution in [3.8, 4) is 11.5 Å². The molecular formula is C14H24O5Si. The summed E-state index contributed by atoms with van der Waals surface area (Å²) in [6.45, 7) is 1.99. The van der Waals surface area contributed by atoms with Gasteiger partial charge in [-0.15, -0.1) is 0 Å². The number of aryl methyl sites for hydroxylation is 2. The summed E-state index contributed by atoms with van der Waals surface area (Å²) >= 11 is 0. The standard InChI is InChI=1S/C14H24O5Si/c1-11-7-8-12(14(16-3)13(11)15-2)9-10-20(17-4,18-5)19-6/h7-8H,9-10H2,1-6H3. The average molecular weight is 300 g/mol. The molecule has 0 aliphatic rings. The zero-order chi connectivity index (χ0) is 15.2. The molecule has 0 saturated carbocycles. The summed E-state index contributed by atoms with van der Waals surface area (Å²) in [5.74, 6) is 1.53. The Bertz CT molecular complexity index is 424. The average Bonchev–Trinajstić information content (AvgIpc) is 2.49. The predicted octanol–water partition coefficient (Wildman–Crippen LogP) is 2.43. The summed E-state index contributed by atoms with van der Waals surface area (Å²) in [7, 11) is 5.57. The maximum atomic E-state index is 5.48. The number of rotatable bonds is 8. The molecule has 0 aromatic heterocycles. The third-order valence-electron chi connectivity index (χ3n) is 3.43. The Hall–Kier alpha value is -1.08. The molecule has 0 radical (unpaired) electrons. The minimum atomic E-state index is -2.57. The van der Waals surface area contributed by atoms with E-state index < -0.39 is 8.80 Å². The Kier molecular flexibility index (Phi) is 6.48. The van der Waals surface area contributed by atoms with Gasteiger partial charge < -0.3 is 22.8 Å². The Balaban J connectivity index is 2.98. The van der Waals surface area contributed by atoms with E-state index in [4.69, 9.17) is 22.8 Å². The molecule has 1 aromatic carbocycles. The van der Waals surface area contributed by atoms with E-state index in [9.17, 15) is 0 Å².